The Morgan fingerprint density at radius 1 is 0.600 bits per heavy atom. The fourth-order valence-electron chi connectivity index (χ4n) is 3.69. The number of rotatable bonds is 8. The standard InChI is InChI=1S/C22H14N8O8S2/c31-13(25-21-23-1-3-39-21)7-15(33)27-29-17(35)9-5-11-12(6-10(9)18(29)36)20(38)30(19(11)37)28-16(34)8-14(32)26-22-24-2-4-40-22/h1-6H,7-8H2,(H,27,33)(H,28,34)(H,23,25,31)(H,24,26,32). The van der Waals surface area contributed by atoms with Crippen LogP contribution in [0.15, 0.2) is 54.5 Å². The Morgan fingerprint density at radius 3 is 1.25 bits per heavy atom. The normalized spacial score (nSPS) is 11.0. The first-order valence-corrected chi connectivity index (χ1v) is 12.8. The van der Waals surface area contributed by atoms with Gasteiger partial charge in [0.05, 0.1) is 21.5 Å². The van der Waals surface area contributed by atoms with Crippen molar-refractivity contribution in [3.63, 3.8) is 0 Å². The van der Waals surface area contributed by atoms with E-state index < -0.39 is 58.7 Å². The van der Waals surface area contributed by atoms with Gasteiger partial charge in [0, 0.05) is 23.2 Å². The number of anilines is 2. The Balaban J connectivity index is 1.36. The van der Waals surface area contributed by atoms with Crippen molar-refractivity contribution in [3.8, 4) is 0 Å². The Morgan fingerprint density at radius 2 is 0.950 bits per heavy atom. The summed E-state index contributed by atoms with van der Waals surface area (Å²) >= 11 is 2.25. The minimum atomic E-state index is -1.00. The van der Waals surface area contributed by atoms with Gasteiger partial charge >= 0.3 is 0 Å². The molecule has 4 N–H and O–H groups in total. The molecule has 4 aromatic heterocycles. The molecule has 0 aliphatic rings. The maximum atomic E-state index is 12.8. The van der Waals surface area contributed by atoms with Crippen molar-refractivity contribution < 1.29 is 19.2 Å². The molecule has 18 heteroatoms. The van der Waals surface area contributed by atoms with Crippen molar-refractivity contribution in [1.82, 2.24) is 19.3 Å². The van der Waals surface area contributed by atoms with Gasteiger partial charge in [0.2, 0.25) is 23.6 Å². The van der Waals surface area contributed by atoms with Crippen molar-refractivity contribution in [3.05, 3.63) is 76.7 Å². The van der Waals surface area contributed by atoms with Crippen LogP contribution in [0.1, 0.15) is 12.8 Å². The summed E-state index contributed by atoms with van der Waals surface area (Å²) in [5.41, 5.74) is 0.0739. The van der Waals surface area contributed by atoms with Gasteiger partial charge in [0.25, 0.3) is 22.2 Å². The van der Waals surface area contributed by atoms with Gasteiger partial charge in [0.1, 0.15) is 12.8 Å². The van der Waals surface area contributed by atoms with Gasteiger partial charge in [-0.25, -0.2) is 9.97 Å². The van der Waals surface area contributed by atoms with Crippen molar-refractivity contribution >= 4 is 78.1 Å². The molecular formula is C22H14N8O8S2. The highest BCUT2D eigenvalue weighted by Crippen LogP contribution is 2.14. The van der Waals surface area contributed by atoms with Gasteiger partial charge in [-0.2, -0.15) is 9.35 Å². The van der Waals surface area contributed by atoms with Crippen LogP contribution >= 0.6 is 22.7 Å². The number of thiazole rings is 2. The van der Waals surface area contributed by atoms with Crippen LogP contribution in [0.25, 0.3) is 21.5 Å². The Hall–Kier alpha value is -5.36. The van der Waals surface area contributed by atoms with Gasteiger partial charge in [0.15, 0.2) is 10.3 Å². The number of carbonyl (C=O) groups is 4. The Kier molecular flexibility index (Phi) is 6.84. The lowest BCUT2D eigenvalue weighted by Crippen LogP contribution is -2.39. The molecule has 0 spiro atoms. The summed E-state index contributed by atoms with van der Waals surface area (Å²) in [7, 11) is 0. The molecule has 202 valence electrons. The van der Waals surface area contributed by atoms with Crippen molar-refractivity contribution in [2.45, 2.75) is 12.8 Å². The lowest BCUT2D eigenvalue weighted by molar-refractivity contribution is -0.126. The first kappa shape index (κ1) is 26.3. The molecule has 0 aliphatic heterocycles. The van der Waals surface area contributed by atoms with E-state index in [0.717, 1.165) is 34.8 Å². The smallest absolute Gasteiger partial charge is 0.280 e. The molecule has 16 nitrogen and oxygen atoms in total. The van der Waals surface area contributed by atoms with E-state index in [0.29, 0.717) is 9.35 Å². The largest absolute Gasteiger partial charge is 0.302 e. The van der Waals surface area contributed by atoms with Crippen LogP contribution in [-0.4, -0.2) is 42.9 Å². The van der Waals surface area contributed by atoms with Gasteiger partial charge in [-0.3, -0.25) is 49.2 Å². The molecule has 0 unspecified atom stereocenters. The number of nitrogens with one attached hydrogen (secondary N) is 4. The van der Waals surface area contributed by atoms with E-state index in [1.165, 1.54) is 12.4 Å². The Bertz CT molecular complexity index is 1800. The molecule has 4 heterocycles. The van der Waals surface area contributed by atoms with Crippen LogP contribution in [0.4, 0.5) is 10.3 Å². The fourth-order valence-corrected chi connectivity index (χ4v) is 4.78. The quantitative estimate of drug-likeness (QED) is 0.164. The number of amides is 4. The second-order valence-corrected chi connectivity index (χ2v) is 9.82. The zero-order valence-corrected chi connectivity index (χ0v) is 21.4. The molecule has 40 heavy (non-hydrogen) atoms. The molecule has 5 rings (SSSR count). The summed E-state index contributed by atoms with van der Waals surface area (Å²) in [6, 6.07) is 1.99. The third-order valence-corrected chi connectivity index (χ3v) is 6.74. The van der Waals surface area contributed by atoms with Crippen molar-refractivity contribution in [1.29, 1.82) is 0 Å². The summed E-state index contributed by atoms with van der Waals surface area (Å²) in [6.45, 7) is 0. The van der Waals surface area contributed by atoms with Gasteiger partial charge in [-0.1, -0.05) is 0 Å². The molecule has 0 atom stereocenters. The number of nitrogens with zero attached hydrogens (tertiary/aromatic N) is 4. The van der Waals surface area contributed by atoms with E-state index in [2.05, 4.69) is 20.6 Å². The maximum Gasteiger partial charge on any atom is 0.280 e. The van der Waals surface area contributed by atoms with Crippen molar-refractivity contribution in [2.24, 2.45) is 0 Å². The van der Waals surface area contributed by atoms with E-state index in [1.54, 1.807) is 10.8 Å². The number of benzene rings is 1. The second kappa shape index (κ2) is 10.4. The van der Waals surface area contributed by atoms with Crippen LogP contribution in [0, 0.1) is 0 Å². The van der Waals surface area contributed by atoms with Gasteiger partial charge in [-0.05, 0) is 12.1 Å². The SMILES string of the molecule is O=C(CC(=O)Nn1c(=O)c2cc3c(=O)n(NC(=O)CC(=O)Nc4nccs4)c(=O)c3cc2c1=O)Nc1nccs1. The van der Waals surface area contributed by atoms with Gasteiger partial charge in [-0.15, -0.1) is 22.7 Å². The highest BCUT2D eigenvalue weighted by Gasteiger charge is 2.22. The first-order chi connectivity index (χ1) is 19.1. The van der Waals surface area contributed by atoms with E-state index in [-0.39, 0.29) is 31.8 Å². The average molecular weight is 583 g/mol. The highest BCUT2D eigenvalue weighted by molar-refractivity contribution is 7.14. The van der Waals surface area contributed by atoms with Crippen LogP contribution in [0.2, 0.25) is 0 Å². The monoisotopic (exact) mass is 582 g/mol. The third-order valence-electron chi connectivity index (χ3n) is 5.36. The van der Waals surface area contributed by atoms with E-state index in [4.69, 9.17) is 0 Å². The fraction of sp³-hybridized carbons (Fsp3) is 0.0909. The lowest BCUT2D eigenvalue weighted by atomic mass is 10.1. The lowest BCUT2D eigenvalue weighted by Gasteiger charge is -2.04. The predicted molar refractivity (Wildman–Crippen MR) is 144 cm³/mol. The molecule has 4 amide bonds. The number of hydrogen-bond donors (Lipinski definition) is 4. The summed E-state index contributed by atoms with van der Waals surface area (Å²) in [4.78, 5) is 108. The third kappa shape index (κ3) is 5.02. The van der Waals surface area contributed by atoms with Gasteiger partial charge < -0.3 is 10.6 Å². The molecule has 5 aromatic rings. The molecule has 0 aliphatic carbocycles. The number of aromatic nitrogens is 4. The van der Waals surface area contributed by atoms with E-state index >= 15 is 0 Å². The zero-order valence-electron chi connectivity index (χ0n) is 19.7. The average Bonchev–Trinajstić information content (AvgIpc) is 3.69. The first-order valence-electron chi connectivity index (χ1n) is 11.1. The summed E-state index contributed by atoms with van der Waals surface area (Å²) < 4.78 is 0.739. The van der Waals surface area contributed by atoms with Crippen molar-refractivity contribution in [2.75, 3.05) is 21.5 Å². The number of carbonyl (C=O) groups excluding carboxylic acids is 4. The summed E-state index contributed by atoms with van der Waals surface area (Å²) in [5.74, 6) is -3.42. The minimum absolute atomic E-state index is 0.256. The molecule has 1 aromatic carbocycles. The van der Waals surface area contributed by atoms with E-state index in [1.807, 2.05) is 10.9 Å². The maximum absolute atomic E-state index is 12.8. The number of fused-ring (bicyclic) bond motifs is 2. The topological polar surface area (TPSA) is 220 Å². The highest BCUT2D eigenvalue weighted by atomic mass is 32.1. The predicted octanol–water partition coefficient (Wildman–Crippen LogP) is -0.977. The molecule has 0 bridgehead atoms. The van der Waals surface area contributed by atoms with E-state index in [9.17, 15) is 38.4 Å². The van der Waals surface area contributed by atoms with Crippen LogP contribution in [0.5, 0.6) is 0 Å². The van der Waals surface area contributed by atoms with Crippen LogP contribution < -0.4 is 43.7 Å². The second-order valence-electron chi connectivity index (χ2n) is 8.03. The molecule has 0 radical (unpaired) electrons. The summed E-state index contributed by atoms with van der Waals surface area (Å²) in [6.07, 6.45) is 1.44. The Labute approximate surface area is 227 Å². The molecule has 0 saturated carbocycles. The zero-order chi connectivity index (χ0) is 28.6. The van der Waals surface area contributed by atoms with Crippen LogP contribution in [0.3, 0.4) is 0 Å². The van der Waals surface area contributed by atoms with Crippen LogP contribution in [-0.2, 0) is 19.2 Å². The molecular weight excluding hydrogens is 568 g/mol. The molecule has 0 saturated heterocycles. The summed E-state index contributed by atoms with van der Waals surface area (Å²) in [5, 5.41) is 7.36. The minimum Gasteiger partial charge on any atom is -0.302 e. The molecule has 0 fully saturated rings. The number of hydrogen-bond acceptors (Lipinski definition) is 12.